The molecule has 9 nitrogen and oxygen atoms in total. The van der Waals surface area contributed by atoms with Crippen LogP contribution in [0, 0.1) is 13.8 Å². The highest BCUT2D eigenvalue weighted by Crippen LogP contribution is 2.23. The fourth-order valence-electron chi connectivity index (χ4n) is 2.94. The van der Waals surface area contributed by atoms with Crippen molar-refractivity contribution in [3.8, 4) is 17.4 Å². The summed E-state index contributed by atoms with van der Waals surface area (Å²) in [6.07, 6.45) is 4.87. The van der Waals surface area contributed by atoms with Crippen molar-refractivity contribution in [3.63, 3.8) is 0 Å². The third-order valence-electron chi connectivity index (χ3n) is 4.44. The maximum atomic E-state index is 12.6. The van der Waals surface area contributed by atoms with Gasteiger partial charge in [-0.25, -0.2) is 14.6 Å². The van der Waals surface area contributed by atoms with Crippen LogP contribution in [-0.4, -0.2) is 35.4 Å². The number of ether oxygens (including phenoxy) is 1. The molecule has 0 saturated carbocycles. The first kappa shape index (κ1) is 18.4. The van der Waals surface area contributed by atoms with Crippen LogP contribution in [0.3, 0.4) is 0 Å². The molecule has 0 bridgehead atoms. The highest BCUT2D eigenvalue weighted by atomic mass is 16.5. The van der Waals surface area contributed by atoms with Crippen LogP contribution in [-0.2, 0) is 7.05 Å². The lowest BCUT2D eigenvalue weighted by molar-refractivity contribution is 0.102. The molecular formula is C20H19N7O2. The number of anilines is 1. The summed E-state index contributed by atoms with van der Waals surface area (Å²) in [6, 6.07) is 10.6. The van der Waals surface area contributed by atoms with E-state index in [4.69, 9.17) is 4.74 Å². The average molecular weight is 389 g/mol. The molecule has 9 heteroatoms. The van der Waals surface area contributed by atoms with Crippen molar-refractivity contribution in [2.24, 2.45) is 7.05 Å². The van der Waals surface area contributed by atoms with Crippen molar-refractivity contribution in [1.82, 2.24) is 29.5 Å². The van der Waals surface area contributed by atoms with Gasteiger partial charge in [0.2, 0.25) is 5.88 Å². The van der Waals surface area contributed by atoms with Crippen molar-refractivity contribution in [2.75, 3.05) is 5.32 Å². The molecule has 0 radical (unpaired) electrons. The Labute approximate surface area is 167 Å². The number of nitrogens with one attached hydrogen (secondary N) is 1. The molecule has 4 aromatic rings. The Hall–Kier alpha value is -4.01. The highest BCUT2D eigenvalue weighted by Gasteiger charge is 2.17. The first-order valence-electron chi connectivity index (χ1n) is 8.93. The molecule has 1 aromatic carbocycles. The van der Waals surface area contributed by atoms with E-state index in [9.17, 15) is 4.79 Å². The molecule has 1 amide bonds. The number of nitrogens with zero attached hydrogens (tertiary/aromatic N) is 6. The zero-order chi connectivity index (χ0) is 20.4. The van der Waals surface area contributed by atoms with Gasteiger partial charge in [-0.1, -0.05) is 0 Å². The Balaban J connectivity index is 1.46. The van der Waals surface area contributed by atoms with Gasteiger partial charge in [-0.2, -0.15) is 10.2 Å². The van der Waals surface area contributed by atoms with Gasteiger partial charge in [-0.05, 0) is 44.2 Å². The molecule has 0 aliphatic rings. The van der Waals surface area contributed by atoms with Crippen LogP contribution in [0.5, 0.6) is 11.6 Å². The molecule has 4 rings (SSSR count). The summed E-state index contributed by atoms with van der Waals surface area (Å²) in [5, 5.41) is 11.3. The van der Waals surface area contributed by atoms with E-state index < -0.39 is 0 Å². The normalized spacial score (nSPS) is 10.7. The van der Waals surface area contributed by atoms with Crippen molar-refractivity contribution < 1.29 is 9.53 Å². The quantitative estimate of drug-likeness (QED) is 0.563. The van der Waals surface area contributed by atoms with Crippen molar-refractivity contribution in [3.05, 3.63) is 72.1 Å². The van der Waals surface area contributed by atoms with E-state index in [0.29, 0.717) is 34.4 Å². The molecule has 0 atom stereocenters. The number of aromatic nitrogens is 6. The second kappa shape index (κ2) is 7.55. The van der Waals surface area contributed by atoms with Gasteiger partial charge in [-0.3, -0.25) is 9.48 Å². The Morgan fingerprint density at radius 2 is 1.93 bits per heavy atom. The van der Waals surface area contributed by atoms with Crippen LogP contribution in [0.2, 0.25) is 0 Å². The van der Waals surface area contributed by atoms with Gasteiger partial charge in [0.25, 0.3) is 5.91 Å². The van der Waals surface area contributed by atoms with Crippen LogP contribution in [0.4, 0.5) is 5.69 Å². The van der Waals surface area contributed by atoms with Crippen molar-refractivity contribution >= 4 is 11.6 Å². The fraction of sp³-hybridized carbons (Fsp3) is 0.150. The van der Waals surface area contributed by atoms with Crippen LogP contribution >= 0.6 is 0 Å². The molecule has 146 valence electrons. The van der Waals surface area contributed by atoms with E-state index in [2.05, 4.69) is 25.5 Å². The molecule has 3 aromatic heterocycles. The summed E-state index contributed by atoms with van der Waals surface area (Å²) in [4.78, 5) is 20.9. The molecule has 0 aliphatic carbocycles. The lowest BCUT2D eigenvalue weighted by atomic mass is 10.2. The summed E-state index contributed by atoms with van der Waals surface area (Å²) in [5.74, 6) is 1.39. The Kier molecular flexibility index (Phi) is 4.78. The second-order valence-corrected chi connectivity index (χ2v) is 6.42. The molecule has 3 heterocycles. The molecule has 1 N–H and O–H groups in total. The van der Waals surface area contributed by atoms with Gasteiger partial charge >= 0.3 is 0 Å². The summed E-state index contributed by atoms with van der Waals surface area (Å²) in [6.45, 7) is 3.68. The predicted molar refractivity (Wildman–Crippen MR) is 106 cm³/mol. The Morgan fingerprint density at radius 1 is 1.14 bits per heavy atom. The van der Waals surface area contributed by atoms with E-state index in [0.717, 1.165) is 5.69 Å². The van der Waals surface area contributed by atoms with Gasteiger partial charge in [0, 0.05) is 36.9 Å². The second-order valence-electron chi connectivity index (χ2n) is 6.42. The molecule has 0 unspecified atom stereocenters. The zero-order valence-electron chi connectivity index (χ0n) is 16.2. The third-order valence-corrected chi connectivity index (χ3v) is 4.44. The molecule has 0 aliphatic heterocycles. The predicted octanol–water partition coefficient (Wildman–Crippen LogP) is 3.06. The number of carbonyl (C=O) groups is 1. The summed E-state index contributed by atoms with van der Waals surface area (Å²) in [7, 11) is 1.82. The van der Waals surface area contributed by atoms with Crippen LogP contribution in [0.15, 0.2) is 55.1 Å². The maximum absolute atomic E-state index is 12.6. The Bertz CT molecular complexity index is 1150. The average Bonchev–Trinajstić information content (AvgIpc) is 3.32. The number of amides is 1. The number of aryl methyl sites for hydroxylation is 2. The first-order valence-corrected chi connectivity index (χ1v) is 8.93. The minimum Gasteiger partial charge on any atom is -0.439 e. The van der Waals surface area contributed by atoms with Crippen LogP contribution in [0.1, 0.15) is 21.7 Å². The smallest absolute Gasteiger partial charge is 0.259 e. The fourth-order valence-corrected chi connectivity index (χ4v) is 2.94. The van der Waals surface area contributed by atoms with Crippen LogP contribution < -0.4 is 10.1 Å². The summed E-state index contributed by atoms with van der Waals surface area (Å²) in [5.41, 5.74) is 2.75. The minimum atomic E-state index is -0.193. The summed E-state index contributed by atoms with van der Waals surface area (Å²) < 4.78 is 9.10. The van der Waals surface area contributed by atoms with Crippen molar-refractivity contribution in [2.45, 2.75) is 13.8 Å². The number of hydrogen-bond acceptors (Lipinski definition) is 6. The van der Waals surface area contributed by atoms with Crippen molar-refractivity contribution in [1.29, 1.82) is 0 Å². The maximum Gasteiger partial charge on any atom is 0.259 e. The number of carbonyl (C=O) groups excluding carboxylic acids is 1. The SMILES string of the molecule is Cc1nn(C)c(C)c1C(=O)Nc1ccc(Oc2cc(-n3cccn3)ncn2)cc1. The van der Waals surface area contributed by atoms with E-state index in [1.165, 1.54) is 6.33 Å². The topological polar surface area (TPSA) is 99.8 Å². The molecule has 0 fully saturated rings. The van der Waals surface area contributed by atoms with E-state index in [1.54, 1.807) is 52.1 Å². The van der Waals surface area contributed by atoms with E-state index in [-0.39, 0.29) is 5.91 Å². The van der Waals surface area contributed by atoms with E-state index in [1.807, 2.05) is 27.0 Å². The van der Waals surface area contributed by atoms with Gasteiger partial charge in [-0.15, -0.1) is 0 Å². The largest absolute Gasteiger partial charge is 0.439 e. The molecule has 29 heavy (non-hydrogen) atoms. The third kappa shape index (κ3) is 3.84. The standard InChI is InChI=1S/C20H19N7O2/c1-13-19(14(2)26(3)25-13)20(28)24-15-5-7-16(8-6-15)29-18-11-17(21-12-22-18)27-10-4-9-23-27/h4-12H,1-3H3,(H,24,28). The van der Waals surface area contributed by atoms with Gasteiger partial charge in [0.15, 0.2) is 5.82 Å². The highest BCUT2D eigenvalue weighted by molar-refractivity contribution is 6.05. The molecular weight excluding hydrogens is 370 g/mol. The lowest BCUT2D eigenvalue weighted by Gasteiger charge is -2.08. The Morgan fingerprint density at radius 3 is 2.59 bits per heavy atom. The molecule has 0 saturated heterocycles. The minimum absolute atomic E-state index is 0.193. The number of rotatable bonds is 5. The number of hydrogen-bond donors (Lipinski definition) is 1. The molecule has 0 spiro atoms. The number of benzene rings is 1. The van der Waals surface area contributed by atoms with Gasteiger partial charge in [0.05, 0.1) is 11.3 Å². The van der Waals surface area contributed by atoms with E-state index >= 15 is 0 Å². The van der Waals surface area contributed by atoms with Gasteiger partial charge in [0.1, 0.15) is 12.1 Å². The van der Waals surface area contributed by atoms with Gasteiger partial charge < -0.3 is 10.1 Å². The zero-order valence-corrected chi connectivity index (χ0v) is 16.2. The summed E-state index contributed by atoms with van der Waals surface area (Å²) >= 11 is 0. The lowest BCUT2D eigenvalue weighted by Crippen LogP contribution is -2.14. The van der Waals surface area contributed by atoms with Crippen LogP contribution in [0.25, 0.3) is 5.82 Å². The first-order chi connectivity index (χ1) is 14.0. The monoisotopic (exact) mass is 389 g/mol.